The van der Waals surface area contributed by atoms with Gasteiger partial charge in [0.2, 0.25) is 0 Å². The maximum absolute atomic E-state index is 14.0. The quantitative estimate of drug-likeness (QED) is 0.281. The lowest BCUT2D eigenvalue weighted by atomic mass is 10.0. The Hall–Kier alpha value is -2.35. The van der Waals surface area contributed by atoms with Gasteiger partial charge in [-0.05, 0) is 41.8 Å². The van der Waals surface area contributed by atoms with E-state index in [1.807, 2.05) is 18.2 Å². The second-order valence-corrected chi connectivity index (χ2v) is 9.22. The Morgan fingerprint density at radius 3 is 2.48 bits per heavy atom. The van der Waals surface area contributed by atoms with Gasteiger partial charge >= 0.3 is 6.18 Å². The van der Waals surface area contributed by atoms with Crippen molar-refractivity contribution in [3.63, 3.8) is 0 Å². The zero-order valence-electron chi connectivity index (χ0n) is 18.0. The van der Waals surface area contributed by atoms with Crippen LogP contribution in [0.5, 0.6) is 0 Å². The normalized spacial score (nSPS) is 18.2. The lowest BCUT2D eigenvalue weighted by molar-refractivity contribution is -0.139. The van der Waals surface area contributed by atoms with E-state index in [1.54, 1.807) is 18.2 Å². The minimum atomic E-state index is -4.47. The first-order valence-corrected chi connectivity index (χ1v) is 11.7. The van der Waals surface area contributed by atoms with Crippen LogP contribution >= 0.6 is 11.8 Å². The summed E-state index contributed by atoms with van der Waals surface area (Å²) in [4.78, 5) is 2.38. The van der Waals surface area contributed by atoms with Gasteiger partial charge < -0.3 is 4.74 Å². The van der Waals surface area contributed by atoms with Crippen LogP contribution in [0.1, 0.15) is 21.9 Å². The molecule has 174 valence electrons. The molecule has 3 aromatic carbocycles. The minimum Gasteiger partial charge on any atom is -0.374 e. The summed E-state index contributed by atoms with van der Waals surface area (Å²) in [7, 11) is 0. The van der Waals surface area contributed by atoms with Crippen molar-refractivity contribution in [3.8, 4) is 0 Å². The zero-order chi connectivity index (χ0) is 23.3. The van der Waals surface area contributed by atoms with Crippen LogP contribution in [-0.2, 0) is 17.3 Å². The number of ether oxygens (including phenoxy) is 1. The number of nitrogens with zero attached hydrogens (tertiary/aromatic N) is 1. The molecule has 1 fully saturated rings. The van der Waals surface area contributed by atoms with Crippen molar-refractivity contribution in [2.24, 2.45) is 0 Å². The van der Waals surface area contributed by atoms with Crippen LogP contribution in [0.4, 0.5) is 17.6 Å². The fourth-order valence-corrected chi connectivity index (χ4v) is 5.37. The van der Waals surface area contributed by atoms with Gasteiger partial charge in [-0.1, -0.05) is 54.6 Å². The van der Waals surface area contributed by atoms with Crippen LogP contribution in [-0.4, -0.2) is 37.2 Å². The van der Waals surface area contributed by atoms with E-state index in [0.717, 1.165) is 37.3 Å². The molecule has 0 aromatic heterocycles. The zero-order valence-corrected chi connectivity index (χ0v) is 18.8. The van der Waals surface area contributed by atoms with E-state index >= 15 is 0 Å². The summed E-state index contributed by atoms with van der Waals surface area (Å²) in [5, 5.41) is -0.483. The summed E-state index contributed by atoms with van der Waals surface area (Å²) in [5.74, 6) is -0.418. The highest BCUT2D eigenvalue weighted by molar-refractivity contribution is 7.99. The highest BCUT2D eigenvalue weighted by atomic mass is 32.2. The number of morpholine rings is 1. The maximum Gasteiger partial charge on any atom is 0.417 e. The molecule has 0 N–H and O–H groups in total. The topological polar surface area (TPSA) is 12.5 Å². The van der Waals surface area contributed by atoms with Crippen LogP contribution in [0.25, 0.3) is 0 Å². The van der Waals surface area contributed by atoms with Crippen LogP contribution in [0, 0.1) is 5.82 Å². The van der Waals surface area contributed by atoms with Gasteiger partial charge in [-0.3, -0.25) is 4.90 Å². The van der Waals surface area contributed by atoms with Gasteiger partial charge in [-0.25, -0.2) is 4.39 Å². The standard InChI is InChI=1S/C26H25F4NOS/c27-21-10-6-9-20(17-21)25(33-24-12-5-4-11-22(24)26(28,29)30)23-18-31(15-16-32-23)14-13-19-7-2-1-3-8-19/h1-12,17,23,25H,13-16,18H2/t23-,25-/m0/s1. The third kappa shape index (κ3) is 6.37. The smallest absolute Gasteiger partial charge is 0.374 e. The summed E-state index contributed by atoms with van der Waals surface area (Å²) in [5.41, 5.74) is 1.16. The number of hydrogen-bond donors (Lipinski definition) is 0. The Bertz CT molecular complexity index is 1040. The Balaban J connectivity index is 1.56. The van der Waals surface area contributed by atoms with Gasteiger partial charge in [0.25, 0.3) is 0 Å². The largest absolute Gasteiger partial charge is 0.417 e. The van der Waals surface area contributed by atoms with Gasteiger partial charge in [0.05, 0.1) is 23.5 Å². The molecule has 0 unspecified atom stereocenters. The molecule has 7 heteroatoms. The molecule has 1 heterocycles. The number of alkyl halides is 3. The molecule has 0 aliphatic carbocycles. The summed E-state index contributed by atoms with van der Waals surface area (Å²) >= 11 is 1.09. The third-order valence-electron chi connectivity index (χ3n) is 5.70. The number of benzene rings is 3. The monoisotopic (exact) mass is 475 g/mol. The molecule has 1 saturated heterocycles. The van der Waals surface area contributed by atoms with E-state index in [4.69, 9.17) is 4.74 Å². The van der Waals surface area contributed by atoms with Gasteiger partial charge in [-0.2, -0.15) is 13.2 Å². The lowest BCUT2D eigenvalue weighted by Gasteiger charge is -2.37. The Morgan fingerprint density at radius 2 is 1.73 bits per heavy atom. The van der Waals surface area contributed by atoms with Crippen molar-refractivity contribution >= 4 is 11.8 Å². The summed E-state index contributed by atoms with van der Waals surface area (Å²) in [6.07, 6.45) is -3.96. The molecule has 4 rings (SSSR count). The second kappa shape index (κ2) is 10.7. The van der Waals surface area contributed by atoms with Gasteiger partial charge in [0.1, 0.15) is 5.82 Å². The van der Waals surface area contributed by atoms with E-state index in [-0.39, 0.29) is 11.0 Å². The first-order valence-electron chi connectivity index (χ1n) is 10.9. The molecule has 2 nitrogen and oxygen atoms in total. The van der Waals surface area contributed by atoms with Gasteiger partial charge in [0.15, 0.2) is 0 Å². The minimum absolute atomic E-state index is 0.115. The van der Waals surface area contributed by atoms with E-state index in [2.05, 4.69) is 17.0 Å². The van der Waals surface area contributed by atoms with Crippen LogP contribution in [0.15, 0.2) is 83.8 Å². The maximum atomic E-state index is 14.0. The summed E-state index contributed by atoms with van der Waals surface area (Å²) in [6.45, 7) is 2.62. The molecule has 33 heavy (non-hydrogen) atoms. The van der Waals surface area contributed by atoms with E-state index < -0.39 is 22.8 Å². The average Bonchev–Trinajstić information content (AvgIpc) is 2.82. The third-order valence-corrected chi connectivity index (χ3v) is 7.14. The molecular weight excluding hydrogens is 450 g/mol. The predicted octanol–water partition coefficient (Wildman–Crippen LogP) is 6.62. The van der Waals surface area contributed by atoms with Crippen LogP contribution in [0.3, 0.4) is 0 Å². The fourth-order valence-electron chi connectivity index (χ4n) is 4.03. The van der Waals surface area contributed by atoms with Crippen molar-refractivity contribution in [1.29, 1.82) is 0 Å². The Labute approximate surface area is 195 Å². The van der Waals surface area contributed by atoms with Crippen molar-refractivity contribution < 1.29 is 22.3 Å². The molecule has 1 aliphatic heterocycles. The highest BCUT2D eigenvalue weighted by Gasteiger charge is 2.36. The molecule has 2 atom stereocenters. The lowest BCUT2D eigenvalue weighted by Crippen LogP contribution is -2.45. The van der Waals surface area contributed by atoms with Gasteiger partial charge in [-0.15, -0.1) is 11.8 Å². The highest BCUT2D eigenvalue weighted by Crippen LogP contribution is 2.45. The SMILES string of the molecule is Fc1cccc([C@H](Sc2ccccc2C(F)(F)F)[C@@H]2CN(CCc3ccccc3)CCO2)c1. The van der Waals surface area contributed by atoms with Crippen LogP contribution < -0.4 is 0 Å². The number of halogens is 4. The molecule has 1 aliphatic rings. The molecule has 0 amide bonds. The van der Waals surface area contributed by atoms with Crippen molar-refractivity contribution in [2.45, 2.75) is 28.8 Å². The molecular formula is C26H25F4NOS. The Morgan fingerprint density at radius 1 is 0.970 bits per heavy atom. The van der Waals surface area contributed by atoms with E-state index in [0.29, 0.717) is 18.7 Å². The summed E-state index contributed by atoms with van der Waals surface area (Å²) in [6, 6.07) is 21.7. The second-order valence-electron chi connectivity index (χ2n) is 8.03. The fraction of sp³-hybridized carbons (Fsp3) is 0.308. The van der Waals surface area contributed by atoms with Gasteiger partial charge in [0, 0.05) is 24.5 Å². The molecule has 3 aromatic rings. The first kappa shape index (κ1) is 23.8. The van der Waals surface area contributed by atoms with Crippen molar-refractivity contribution in [3.05, 3.63) is 101 Å². The molecule has 0 bridgehead atoms. The first-order chi connectivity index (χ1) is 15.9. The number of thioether (sulfide) groups is 1. The molecule has 0 saturated carbocycles. The van der Waals surface area contributed by atoms with E-state index in [1.165, 1.54) is 29.8 Å². The van der Waals surface area contributed by atoms with Crippen molar-refractivity contribution in [2.75, 3.05) is 26.2 Å². The number of hydrogen-bond acceptors (Lipinski definition) is 3. The van der Waals surface area contributed by atoms with Crippen LogP contribution in [0.2, 0.25) is 0 Å². The number of rotatable bonds is 7. The average molecular weight is 476 g/mol. The molecule has 0 spiro atoms. The summed E-state index contributed by atoms with van der Waals surface area (Å²) < 4.78 is 61.0. The molecule has 0 radical (unpaired) electrons. The predicted molar refractivity (Wildman–Crippen MR) is 123 cm³/mol. The Kier molecular flexibility index (Phi) is 7.73. The van der Waals surface area contributed by atoms with Crippen molar-refractivity contribution in [1.82, 2.24) is 4.90 Å². The van der Waals surface area contributed by atoms with E-state index in [9.17, 15) is 17.6 Å².